The Morgan fingerprint density at radius 3 is 3.14 bits per heavy atom. The van der Waals surface area contributed by atoms with Crippen LogP contribution in [0.3, 0.4) is 0 Å². The molecular weight excluding hydrogens is 174 g/mol. The first-order valence-corrected chi connectivity index (χ1v) is 5.59. The van der Waals surface area contributed by atoms with Crippen molar-refractivity contribution in [2.24, 2.45) is 13.0 Å². The average Bonchev–Trinajstić information content (AvgIpc) is 2.93. The van der Waals surface area contributed by atoms with E-state index in [-0.39, 0.29) is 0 Å². The van der Waals surface area contributed by atoms with Crippen LogP contribution in [0.1, 0.15) is 29.8 Å². The summed E-state index contributed by atoms with van der Waals surface area (Å²) in [6.45, 7) is 2.12. The molecule has 0 saturated heterocycles. The van der Waals surface area contributed by atoms with Crippen LogP contribution in [-0.4, -0.2) is 16.3 Å². The van der Waals surface area contributed by atoms with Crippen LogP contribution in [0.15, 0.2) is 0 Å². The Kier molecular flexibility index (Phi) is 1.87. The number of fused-ring (bicyclic) bond motifs is 1. The van der Waals surface area contributed by atoms with Crippen molar-refractivity contribution in [2.75, 3.05) is 6.54 Å². The van der Waals surface area contributed by atoms with Crippen molar-refractivity contribution in [1.29, 1.82) is 0 Å². The molecule has 1 aliphatic carbocycles. The summed E-state index contributed by atoms with van der Waals surface area (Å²) in [4.78, 5) is 0. The van der Waals surface area contributed by atoms with Gasteiger partial charge in [-0.3, -0.25) is 4.68 Å². The molecule has 3 nitrogen and oxygen atoms in total. The molecule has 1 fully saturated rings. The van der Waals surface area contributed by atoms with Crippen LogP contribution in [-0.2, 0) is 26.4 Å². The van der Waals surface area contributed by atoms with Crippen LogP contribution in [0.5, 0.6) is 0 Å². The van der Waals surface area contributed by atoms with E-state index in [0.29, 0.717) is 0 Å². The summed E-state index contributed by atoms with van der Waals surface area (Å²) < 4.78 is 2.11. The lowest BCUT2D eigenvalue weighted by molar-refractivity contribution is 0.631. The van der Waals surface area contributed by atoms with Gasteiger partial charge in [-0.05, 0) is 25.2 Å². The molecule has 1 N–H and O–H groups in total. The van der Waals surface area contributed by atoms with Gasteiger partial charge >= 0.3 is 0 Å². The monoisotopic (exact) mass is 191 g/mol. The summed E-state index contributed by atoms with van der Waals surface area (Å²) in [6.07, 6.45) is 5.20. The highest BCUT2D eigenvalue weighted by atomic mass is 15.3. The smallest absolute Gasteiger partial charge is 0.0685 e. The molecule has 2 aliphatic rings. The maximum absolute atomic E-state index is 4.61. The van der Waals surface area contributed by atoms with Gasteiger partial charge in [-0.25, -0.2) is 0 Å². The fourth-order valence-electron chi connectivity index (χ4n) is 2.34. The lowest BCUT2D eigenvalue weighted by Gasteiger charge is -2.12. The number of hydrogen-bond acceptors (Lipinski definition) is 2. The maximum atomic E-state index is 4.61. The Bertz CT molecular complexity index is 350. The van der Waals surface area contributed by atoms with Crippen molar-refractivity contribution in [3.63, 3.8) is 0 Å². The van der Waals surface area contributed by atoms with Crippen molar-refractivity contribution in [1.82, 2.24) is 15.1 Å². The molecule has 3 heteroatoms. The third-order valence-electron chi connectivity index (χ3n) is 3.38. The van der Waals surface area contributed by atoms with Gasteiger partial charge in [0.25, 0.3) is 0 Å². The molecule has 14 heavy (non-hydrogen) atoms. The summed E-state index contributed by atoms with van der Waals surface area (Å²) in [5.74, 6) is 0.955. The van der Waals surface area contributed by atoms with E-state index in [2.05, 4.69) is 22.1 Å². The summed E-state index contributed by atoms with van der Waals surface area (Å²) in [7, 11) is 2.09. The number of hydrogen-bond donors (Lipinski definition) is 1. The molecule has 1 aromatic heterocycles. The van der Waals surface area contributed by atoms with Crippen LogP contribution in [0, 0.1) is 5.92 Å². The van der Waals surface area contributed by atoms with E-state index in [1.165, 1.54) is 36.2 Å². The van der Waals surface area contributed by atoms with Gasteiger partial charge in [0.05, 0.1) is 5.69 Å². The zero-order valence-corrected chi connectivity index (χ0v) is 8.71. The number of aromatic nitrogens is 2. The fourth-order valence-corrected chi connectivity index (χ4v) is 2.34. The van der Waals surface area contributed by atoms with Crippen LogP contribution in [0.4, 0.5) is 0 Å². The first kappa shape index (κ1) is 8.48. The van der Waals surface area contributed by atoms with E-state index >= 15 is 0 Å². The Labute approximate surface area is 84.5 Å². The first-order chi connectivity index (χ1) is 6.84. The van der Waals surface area contributed by atoms with Crippen LogP contribution >= 0.6 is 0 Å². The standard InChI is InChI=1S/C11H17N3/c1-14-11(6-8-2-3-8)9-7-12-5-4-10(9)13-14/h8,12H,2-7H2,1H3. The van der Waals surface area contributed by atoms with Gasteiger partial charge in [-0.2, -0.15) is 5.10 Å². The van der Waals surface area contributed by atoms with Gasteiger partial charge in [0, 0.05) is 37.8 Å². The van der Waals surface area contributed by atoms with E-state index < -0.39 is 0 Å². The highest BCUT2D eigenvalue weighted by Gasteiger charge is 2.26. The second-order valence-electron chi connectivity index (χ2n) is 4.57. The Balaban J connectivity index is 1.94. The minimum absolute atomic E-state index is 0.955. The van der Waals surface area contributed by atoms with Crippen molar-refractivity contribution in [3.05, 3.63) is 17.0 Å². The zero-order valence-electron chi connectivity index (χ0n) is 8.71. The first-order valence-electron chi connectivity index (χ1n) is 5.59. The molecule has 0 atom stereocenters. The summed E-state index contributed by atoms with van der Waals surface area (Å²) in [5.41, 5.74) is 4.31. The number of nitrogens with one attached hydrogen (secondary N) is 1. The number of rotatable bonds is 2. The van der Waals surface area contributed by atoms with Crippen LogP contribution in [0.25, 0.3) is 0 Å². The van der Waals surface area contributed by atoms with E-state index in [4.69, 9.17) is 0 Å². The Hall–Kier alpha value is -0.830. The van der Waals surface area contributed by atoms with E-state index in [1.54, 1.807) is 0 Å². The van der Waals surface area contributed by atoms with Gasteiger partial charge < -0.3 is 5.32 Å². The molecule has 2 heterocycles. The SMILES string of the molecule is Cn1nc2c(c1CC1CC1)CNCC2. The molecule has 0 aromatic carbocycles. The summed E-state index contributed by atoms with van der Waals surface area (Å²) in [5, 5.41) is 8.04. The second kappa shape index (κ2) is 3.09. The molecular formula is C11H17N3. The van der Waals surface area contributed by atoms with Gasteiger partial charge in [-0.1, -0.05) is 0 Å². The van der Waals surface area contributed by atoms with Crippen molar-refractivity contribution in [3.8, 4) is 0 Å². The topological polar surface area (TPSA) is 29.9 Å². The van der Waals surface area contributed by atoms with E-state index in [1.807, 2.05) is 0 Å². The van der Waals surface area contributed by atoms with Crippen molar-refractivity contribution < 1.29 is 0 Å². The summed E-state index contributed by atoms with van der Waals surface area (Å²) >= 11 is 0. The molecule has 0 radical (unpaired) electrons. The fraction of sp³-hybridized carbons (Fsp3) is 0.727. The molecule has 0 bridgehead atoms. The number of nitrogens with zero attached hydrogens (tertiary/aromatic N) is 2. The number of aryl methyl sites for hydroxylation is 1. The van der Waals surface area contributed by atoms with E-state index in [9.17, 15) is 0 Å². The summed E-state index contributed by atoms with van der Waals surface area (Å²) in [6, 6.07) is 0. The van der Waals surface area contributed by atoms with Gasteiger partial charge in [0.1, 0.15) is 0 Å². The largest absolute Gasteiger partial charge is 0.312 e. The molecule has 3 rings (SSSR count). The molecule has 0 spiro atoms. The Morgan fingerprint density at radius 2 is 2.36 bits per heavy atom. The molecule has 0 unspecified atom stereocenters. The van der Waals surface area contributed by atoms with Gasteiger partial charge in [-0.15, -0.1) is 0 Å². The lowest BCUT2D eigenvalue weighted by Crippen LogP contribution is -2.23. The molecule has 1 aromatic rings. The normalized spacial score (nSPS) is 20.9. The molecule has 0 amide bonds. The van der Waals surface area contributed by atoms with Crippen molar-refractivity contribution >= 4 is 0 Å². The average molecular weight is 191 g/mol. The maximum Gasteiger partial charge on any atom is 0.0685 e. The molecule has 1 aliphatic heterocycles. The van der Waals surface area contributed by atoms with Crippen LogP contribution < -0.4 is 5.32 Å². The van der Waals surface area contributed by atoms with Crippen LogP contribution in [0.2, 0.25) is 0 Å². The van der Waals surface area contributed by atoms with Gasteiger partial charge in [0.2, 0.25) is 0 Å². The highest BCUT2D eigenvalue weighted by molar-refractivity contribution is 5.29. The highest BCUT2D eigenvalue weighted by Crippen LogP contribution is 2.34. The zero-order chi connectivity index (χ0) is 9.54. The Morgan fingerprint density at radius 1 is 1.50 bits per heavy atom. The quantitative estimate of drug-likeness (QED) is 0.756. The lowest BCUT2D eigenvalue weighted by atomic mass is 10.0. The molecule has 76 valence electrons. The molecule has 1 saturated carbocycles. The third kappa shape index (κ3) is 1.36. The predicted molar refractivity (Wildman–Crippen MR) is 55.0 cm³/mol. The van der Waals surface area contributed by atoms with Crippen molar-refractivity contribution in [2.45, 2.75) is 32.2 Å². The van der Waals surface area contributed by atoms with Gasteiger partial charge in [0.15, 0.2) is 0 Å². The third-order valence-corrected chi connectivity index (χ3v) is 3.38. The minimum atomic E-state index is 0.955. The second-order valence-corrected chi connectivity index (χ2v) is 4.57. The predicted octanol–water partition coefficient (Wildman–Crippen LogP) is 1.02. The minimum Gasteiger partial charge on any atom is -0.312 e. The van der Waals surface area contributed by atoms with E-state index in [0.717, 1.165) is 25.4 Å².